The van der Waals surface area contributed by atoms with E-state index in [0.717, 1.165) is 29.4 Å². The van der Waals surface area contributed by atoms with E-state index in [9.17, 15) is 0 Å². The first-order valence-electron chi connectivity index (χ1n) is 4.86. The van der Waals surface area contributed by atoms with Gasteiger partial charge in [0.2, 0.25) is 0 Å². The van der Waals surface area contributed by atoms with Gasteiger partial charge in [0, 0.05) is 24.3 Å². The van der Waals surface area contributed by atoms with Gasteiger partial charge in [0.25, 0.3) is 0 Å². The molecule has 0 spiro atoms. The van der Waals surface area contributed by atoms with E-state index in [4.69, 9.17) is 0 Å². The molecule has 3 nitrogen and oxygen atoms in total. The largest absolute Gasteiger partial charge is 0.319 e. The zero-order chi connectivity index (χ0) is 10.5. The molecule has 0 fully saturated rings. The Morgan fingerprint density at radius 1 is 1.33 bits per heavy atom. The highest BCUT2D eigenvalue weighted by Gasteiger charge is 2.05. The lowest BCUT2D eigenvalue weighted by Gasteiger charge is -1.92. The lowest BCUT2D eigenvalue weighted by molar-refractivity contribution is 0.777. The Kier molecular flexibility index (Phi) is 3.82. The molecular weight excluding hydrogens is 226 g/mol. The van der Waals surface area contributed by atoms with Gasteiger partial charge in [-0.15, -0.1) is 32.9 Å². The second-order valence-corrected chi connectivity index (χ2v) is 5.38. The monoisotopic (exact) mass is 239 g/mol. The van der Waals surface area contributed by atoms with Crippen molar-refractivity contribution >= 4 is 22.7 Å². The SMILES string of the molecule is CNCCc1nnc(Cc2cccs2)s1. The summed E-state index contributed by atoms with van der Waals surface area (Å²) in [6.07, 6.45) is 1.90. The van der Waals surface area contributed by atoms with E-state index in [1.807, 2.05) is 7.05 Å². The normalized spacial score (nSPS) is 10.7. The van der Waals surface area contributed by atoms with Crippen molar-refractivity contribution in [3.8, 4) is 0 Å². The number of nitrogens with one attached hydrogen (secondary N) is 1. The molecule has 5 heteroatoms. The van der Waals surface area contributed by atoms with Gasteiger partial charge in [-0.1, -0.05) is 6.07 Å². The molecule has 2 aromatic rings. The summed E-state index contributed by atoms with van der Waals surface area (Å²) in [5, 5.41) is 15.8. The molecule has 0 saturated heterocycles. The van der Waals surface area contributed by atoms with E-state index in [0.29, 0.717) is 0 Å². The van der Waals surface area contributed by atoms with Crippen LogP contribution in [0, 0.1) is 0 Å². The fraction of sp³-hybridized carbons (Fsp3) is 0.400. The molecule has 80 valence electrons. The molecule has 0 aliphatic rings. The summed E-state index contributed by atoms with van der Waals surface area (Å²) in [7, 11) is 1.95. The van der Waals surface area contributed by atoms with Crippen LogP contribution in [0.2, 0.25) is 0 Å². The van der Waals surface area contributed by atoms with Crippen LogP contribution < -0.4 is 5.32 Å². The molecule has 0 radical (unpaired) electrons. The number of nitrogens with zero attached hydrogens (tertiary/aromatic N) is 2. The molecule has 0 unspecified atom stereocenters. The highest BCUT2D eigenvalue weighted by molar-refractivity contribution is 7.12. The Bertz CT molecular complexity index is 394. The van der Waals surface area contributed by atoms with Crippen LogP contribution in [0.5, 0.6) is 0 Å². The minimum atomic E-state index is 0.925. The minimum absolute atomic E-state index is 0.925. The third kappa shape index (κ3) is 3.09. The molecule has 0 aliphatic carbocycles. The Balaban J connectivity index is 1.95. The highest BCUT2D eigenvalue weighted by Crippen LogP contribution is 2.17. The first-order valence-corrected chi connectivity index (χ1v) is 6.56. The molecule has 0 aliphatic heterocycles. The van der Waals surface area contributed by atoms with Crippen molar-refractivity contribution in [1.29, 1.82) is 0 Å². The smallest absolute Gasteiger partial charge is 0.122 e. The van der Waals surface area contributed by atoms with Gasteiger partial charge in [-0.05, 0) is 18.5 Å². The van der Waals surface area contributed by atoms with Gasteiger partial charge < -0.3 is 5.32 Å². The maximum Gasteiger partial charge on any atom is 0.122 e. The van der Waals surface area contributed by atoms with Crippen molar-refractivity contribution < 1.29 is 0 Å². The van der Waals surface area contributed by atoms with Gasteiger partial charge in [0.05, 0.1) is 0 Å². The Morgan fingerprint density at radius 2 is 2.20 bits per heavy atom. The average molecular weight is 239 g/mol. The van der Waals surface area contributed by atoms with Crippen molar-refractivity contribution in [2.45, 2.75) is 12.8 Å². The van der Waals surface area contributed by atoms with Gasteiger partial charge in [0.15, 0.2) is 0 Å². The predicted octanol–water partition coefficient (Wildman–Crippen LogP) is 1.95. The molecule has 0 saturated carbocycles. The molecule has 0 aromatic carbocycles. The van der Waals surface area contributed by atoms with Gasteiger partial charge in [0.1, 0.15) is 10.0 Å². The van der Waals surface area contributed by atoms with Crippen LogP contribution in [-0.4, -0.2) is 23.8 Å². The summed E-state index contributed by atoms with van der Waals surface area (Å²) >= 11 is 3.49. The number of rotatable bonds is 5. The number of likely N-dealkylation sites (N-methyl/N-ethyl adjacent to an activating group) is 1. The van der Waals surface area contributed by atoms with Crippen molar-refractivity contribution in [2.75, 3.05) is 13.6 Å². The Hall–Kier alpha value is -0.780. The van der Waals surface area contributed by atoms with Crippen molar-refractivity contribution in [2.24, 2.45) is 0 Å². The Morgan fingerprint density at radius 3 is 2.93 bits per heavy atom. The minimum Gasteiger partial charge on any atom is -0.319 e. The standard InChI is InChI=1S/C10H13N3S2/c1-11-5-4-9-12-13-10(15-9)7-8-3-2-6-14-8/h2-3,6,11H,4-5,7H2,1H3. The van der Waals surface area contributed by atoms with Crippen LogP contribution in [0.3, 0.4) is 0 Å². The summed E-state index contributed by atoms with van der Waals surface area (Å²) in [5.74, 6) is 0. The number of hydrogen-bond acceptors (Lipinski definition) is 5. The highest BCUT2D eigenvalue weighted by atomic mass is 32.1. The van der Waals surface area contributed by atoms with E-state index in [-0.39, 0.29) is 0 Å². The molecule has 0 bridgehead atoms. The molecule has 15 heavy (non-hydrogen) atoms. The van der Waals surface area contributed by atoms with Gasteiger partial charge in [-0.25, -0.2) is 0 Å². The lowest BCUT2D eigenvalue weighted by Crippen LogP contribution is -2.09. The molecule has 2 aromatic heterocycles. The summed E-state index contributed by atoms with van der Waals surface area (Å²) in [6, 6.07) is 4.21. The molecular formula is C10H13N3S2. The fourth-order valence-electron chi connectivity index (χ4n) is 1.25. The van der Waals surface area contributed by atoms with E-state index in [1.54, 1.807) is 22.7 Å². The molecule has 2 rings (SSSR count). The topological polar surface area (TPSA) is 37.8 Å². The molecule has 1 N–H and O–H groups in total. The number of thiophene rings is 1. The van der Waals surface area contributed by atoms with Crippen molar-refractivity contribution in [3.05, 3.63) is 32.4 Å². The Labute approximate surface area is 97.2 Å². The average Bonchev–Trinajstić information content (AvgIpc) is 2.87. The maximum absolute atomic E-state index is 4.19. The van der Waals surface area contributed by atoms with E-state index in [2.05, 4.69) is 33.0 Å². The third-order valence-electron chi connectivity index (χ3n) is 2.00. The quantitative estimate of drug-likeness (QED) is 0.866. The zero-order valence-corrected chi connectivity index (χ0v) is 10.2. The van der Waals surface area contributed by atoms with Crippen molar-refractivity contribution in [3.63, 3.8) is 0 Å². The molecule has 0 atom stereocenters. The molecule has 2 heterocycles. The van der Waals surface area contributed by atoms with Crippen LogP contribution in [0.25, 0.3) is 0 Å². The second-order valence-electron chi connectivity index (χ2n) is 3.20. The van der Waals surface area contributed by atoms with Gasteiger partial charge >= 0.3 is 0 Å². The molecule has 0 amide bonds. The zero-order valence-electron chi connectivity index (χ0n) is 8.56. The fourth-order valence-corrected chi connectivity index (χ4v) is 2.92. The first-order chi connectivity index (χ1) is 7.38. The van der Waals surface area contributed by atoms with Gasteiger partial charge in [-0.2, -0.15) is 0 Å². The van der Waals surface area contributed by atoms with Crippen LogP contribution in [0.15, 0.2) is 17.5 Å². The number of hydrogen-bond donors (Lipinski definition) is 1. The lowest BCUT2D eigenvalue weighted by atomic mass is 10.4. The van der Waals surface area contributed by atoms with Crippen molar-refractivity contribution in [1.82, 2.24) is 15.5 Å². The third-order valence-corrected chi connectivity index (χ3v) is 3.86. The van der Waals surface area contributed by atoms with Crippen LogP contribution >= 0.6 is 22.7 Å². The van der Waals surface area contributed by atoms with Crippen LogP contribution in [0.1, 0.15) is 14.9 Å². The maximum atomic E-state index is 4.19. The number of aromatic nitrogens is 2. The first kappa shape index (κ1) is 10.7. The van der Waals surface area contributed by atoms with Crippen LogP contribution in [-0.2, 0) is 12.8 Å². The van der Waals surface area contributed by atoms with E-state index < -0.39 is 0 Å². The summed E-state index contributed by atoms with van der Waals surface area (Å²) in [6.45, 7) is 0.966. The summed E-state index contributed by atoms with van der Waals surface area (Å²) in [4.78, 5) is 1.35. The second kappa shape index (κ2) is 5.34. The van der Waals surface area contributed by atoms with E-state index >= 15 is 0 Å². The van der Waals surface area contributed by atoms with Gasteiger partial charge in [-0.3, -0.25) is 0 Å². The van der Waals surface area contributed by atoms with E-state index in [1.165, 1.54) is 4.88 Å². The van der Waals surface area contributed by atoms with Crippen LogP contribution in [0.4, 0.5) is 0 Å². The predicted molar refractivity (Wildman–Crippen MR) is 64.7 cm³/mol. The summed E-state index contributed by atoms with van der Waals surface area (Å²) in [5.41, 5.74) is 0. The summed E-state index contributed by atoms with van der Waals surface area (Å²) < 4.78 is 0.